The molecule has 14 heavy (non-hydrogen) atoms. The van der Waals surface area contributed by atoms with Crippen molar-refractivity contribution in [2.24, 2.45) is 0 Å². The average Bonchev–Trinajstić information content (AvgIpc) is 1.81. The minimum absolute atomic E-state index is 0.590. The normalized spacial score (nSPS) is 13.3. The minimum Gasteiger partial charge on any atom is -0.418 e. The van der Waals surface area contributed by atoms with E-state index in [4.69, 9.17) is 0 Å². The fourth-order valence-corrected chi connectivity index (χ4v) is 1.42. The van der Waals surface area contributed by atoms with Crippen LogP contribution in [0.4, 0.5) is 17.3 Å². The van der Waals surface area contributed by atoms with Crippen molar-refractivity contribution in [3.8, 4) is 0 Å². The number of rotatable bonds is 2. The van der Waals surface area contributed by atoms with E-state index in [1.54, 1.807) is 0 Å². The summed E-state index contributed by atoms with van der Waals surface area (Å²) in [6.07, 6.45) is 1.31. The van der Waals surface area contributed by atoms with E-state index >= 15 is 0 Å². The Balaban J connectivity index is 0. The van der Waals surface area contributed by atoms with Crippen LogP contribution in [0.3, 0.4) is 0 Å². The lowest BCUT2D eigenvalue weighted by atomic mass is 10.1. The van der Waals surface area contributed by atoms with Crippen LogP contribution in [-0.2, 0) is 0 Å². The summed E-state index contributed by atoms with van der Waals surface area (Å²) in [7, 11) is -6.62. The van der Waals surface area contributed by atoms with Crippen molar-refractivity contribution >= 4 is 14.5 Å². The summed E-state index contributed by atoms with van der Waals surface area (Å²) >= 11 is 0. The van der Waals surface area contributed by atoms with Gasteiger partial charge >= 0.3 is 7.25 Å². The summed E-state index contributed by atoms with van der Waals surface area (Å²) < 4.78 is 39.0. The van der Waals surface area contributed by atoms with Gasteiger partial charge in [-0.2, -0.15) is 0 Å². The van der Waals surface area contributed by atoms with Crippen molar-refractivity contribution in [1.29, 1.82) is 0 Å². The molecule has 88 valence electrons. The van der Waals surface area contributed by atoms with Gasteiger partial charge in [0.05, 0.1) is 5.16 Å². The van der Waals surface area contributed by atoms with E-state index in [1.807, 2.05) is 0 Å². The van der Waals surface area contributed by atoms with Gasteiger partial charge in [-0.05, 0) is 20.3 Å². The second kappa shape index (κ2) is 5.34. The highest BCUT2D eigenvalue weighted by Gasteiger charge is 2.37. The fraction of sp³-hybridized carbons (Fsp3) is 1.00. The van der Waals surface area contributed by atoms with Crippen LogP contribution in [0.15, 0.2) is 0 Å². The monoisotopic (exact) mass is 234 g/mol. The summed E-state index contributed by atoms with van der Waals surface area (Å²) in [5.74, 6) is 0. The largest absolute Gasteiger partial charge is 0.673 e. The van der Waals surface area contributed by atoms with Gasteiger partial charge in [-0.3, -0.25) is 0 Å². The quantitative estimate of drug-likeness (QED) is 0.377. The van der Waals surface area contributed by atoms with Crippen LogP contribution in [0.2, 0.25) is 0 Å². The van der Waals surface area contributed by atoms with Crippen molar-refractivity contribution in [3.63, 3.8) is 0 Å². The van der Waals surface area contributed by atoms with E-state index in [9.17, 15) is 17.3 Å². The molecule has 0 aliphatic carbocycles. The van der Waals surface area contributed by atoms with Crippen LogP contribution in [0.5, 0.6) is 0 Å². The molecule has 0 atom stereocenters. The van der Waals surface area contributed by atoms with Gasteiger partial charge < -0.3 is 17.3 Å². The summed E-state index contributed by atoms with van der Waals surface area (Å²) in [6.45, 7) is 14.3. The topological polar surface area (TPSA) is 0 Å². The molecule has 0 fully saturated rings. The summed E-state index contributed by atoms with van der Waals surface area (Å²) in [4.78, 5) is 0. The SMILES string of the molecule is CCC(C)(C)[P+](C)(C)C.F[B-](F)(F)F. The van der Waals surface area contributed by atoms with Gasteiger partial charge in [-0.15, -0.1) is 0 Å². The summed E-state index contributed by atoms with van der Waals surface area (Å²) in [5.41, 5.74) is 0. The molecule has 6 heteroatoms. The van der Waals surface area contributed by atoms with Crippen molar-refractivity contribution in [1.82, 2.24) is 0 Å². The third-order valence-corrected chi connectivity index (χ3v) is 6.63. The van der Waals surface area contributed by atoms with Gasteiger partial charge in [-0.1, -0.05) is 6.92 Å². The number of hydrogen-bond acceptors (Lipinski definition) is 0. The Bertz CT molecular complexity index is 154. The highest BCUT2D eigenvalue weighted by molar-refractivity contribution is 7.75. The molecule has 0 aliphatic heterocycles. The lowest BCUT2D eigenvalue weighted by Crippen LogP contribution is -2.21. The van der Waals surface area contributed by atoms with Gasteiger partial charge in [0.25, 0.3) is 0 Å². The number of hydrogen-bond donors (Lipinski definition) is 0. The molecule has 0 aliphatic rings. The number of halogens is 4. The first-order valence-electron chi connectivity index (χ1n) is 4.50. The first kappa shape index (κ1) is 16.6. The third-order valence-electron chi connectivity index (χ3n) is 2.68. The standard InChI is InChI=1S/C8H20P.BF4/c1-7-8(2,3)9(4,5)6;2-1(3,4)5/h7H2,1-6H3;/q+1;-1. The first-order valence-corrected chi connectivity index (χ1v) is 7.63. The molecule has 0 amide bonds. The molecule has 0 rings (SSSR count). The lowest BCUT2D eigenvalue weighted by Gasteiger charge is -2.30. The predicted octanol–water partition coefficient (Wildman–Crippen LogP) is 4.38. The van der Waals surface area contributed by atoms with Crippen molar-refractivity contribution in [3.05, 3.63) is 0 Å². The zero-order valence-electron chi connectivity index (χ0n) is 9.74. The Labute approximate surface area is 84.9 Å². The second-order valence-electron chi connectivity index (χ2n) is 4.67. The van der Waals surface area contributed by atoms with E-state index in [1.165, 1.54) is 6.42 Å². The molecule has 0 saturated carbocycles. The maximum Gasteiger partial charge on any atom is 0.673 e. The Kier molecular flexibility index (Phi) is 6.35. The van der Waals surface area contributed by atoms with Gasteiger partial charge in [0.2, 0.25) is 0 Å². The summed E-state index contributed by atoms with van der Waals surface area (Å²) in [6, 6.07) is 0. The van der Waals surface area contributed by atoms with Gasteiger partial charge in [-0.25, -0.2) is 0 Å². The predicted molar refractivity (Wildman–Crippen MR) is 59.2 cm³/mol. The highest BCUT2D eigenvalue weighted by Crippen LogP contribution is 2.60. The van der Waals surface area contributed by atoms with Crippen molar-refractivity contribution < 1.29 is 17.3 Å². The Hall–Kier alpha value is 0.215. The zero-order chi connectivity index (χ0) is 12.2. The van der Waals surface area contributed by atoms with E-state index in [0.29, 0.717) is 5.16 Å². The molecule has 0 spiro atoms. The molecule has 0 aromatic carbocycles. The van der Waals surface area contributed by atoms with Crippen LogP contribution in [0.25, 0.3) is 0 Å². The molecule has 0 nitrogen and oxygen atoms in total. The maximum absolute atomic E-state index is 9.75. The van der Waals surface area contributed by atoms with Crippen LogP contribution < -0.4 is 0 Å². The average molecular weight is 234 g/mol. The van der Waals surface area contributed by atoms with E-state index in [-0.39, 0.29) is 0 Å². The molecule has 0 bridgehead atoms. The Morgan fingerprint density at radius 3 is 1.21 bits per heavy atom. The van der Waals surface area contributed by atoms with Crippen LogP contribution in [-0.4, -0.2) is 32.4 Å². The highest BCUT2D eigenvalue weighted by atomic mass is 31.2. The minimum atomic E-state index is -6.00. The lowest BCUT2D eigenvalue weighted by molar-refractivity contribution is 0.368. The van der Waals surface area contributed by atoms with Gasteiger partial charge in [0, 0.05) is 27.3 Å². The van der Waals surface area contributed by atoms with Crippen LogP contribution >= 0.6 is 7.26 Å². The molecule has 0 aromatic rings. The van der Waals surface area contributed by atoms with Crippen LogP contribution in [0, 0.1) is 0 Å². The molecule has 0 unspecified atom stereocenters. The molecular formula is C8H20BF4P. The molecule has 0 aromatic heterocycles. The van der Waals surface area contributed by atoms with Crippen molar-refractivity contribution in [2.75, 3.05) is 20.0 Å². The van der Waals surface area contributed by atoms with Gasteiger partial charge in [0.1, 0.15) is 0 Å². The third kappa shape index (κ3) is 10.3. The molecule has 0 radical (unpaired) electrons. The molecule has 0 saturated heterocycles. The fourth-order valence-electron chi connectivity index (χ4n) is 0.474. The van der Waals surface area contributed by atoms with E-state index in [0.717, 1.165) is 0 Å². The zero-order valence-corrected chi connectivity index (χ0v) is 10.6. The van der Waals surface area contributed by atoms with E-state index < -0.39 is 14.5 Å². The van der Waals surface area contributed by atoms with Gasteiger partial charge in [0.15, 0.2) is 0 Å². The van der Waals surface area contributed by atoms with E-state index in [2.05, 4.69) is 40.8 Å². The molecular weight excluding hydrogens is 214 g/mol. The maximum atomic E-state index is 9.75. The second-order valence-corrected chi connectivity index (χ2v) is 9.91. The molecule has 0 heterocycles. The Morgan fingerprint density at radius 2 is 1.21 bits per heavy atom. The Morgan fingerprint density at radius 1 is 1.00 bits per heavy atom. The summed E-state index contributed by atoms with van der Waals surface area (Å²) in [5, 5.41) is 0.590. The smallest absolute Gasteiger partial charge is 0.418 e. The molecule has 0 N–H and O–H groups in total. The van der Waals surface area contributed by atoms with Crippen LogP contribution in [0.1, 0.15) is 27.2 Å². The first-order chi connectivity index (χ1) is 5.81. The van der Waals surface area contributed by atoms with Crippen molar-refractivity contribution in [2.45, 2.75) is 32.3 Å².